The van der Waals surface area contributed by atoms with Crippen molar-refractivity contribution in [3.8, 4) is 0 Å². The quantitative estimate of drug-likeness (QED) is 0.207. The van der Waals surface area contributed by atoms with E-state index in [9.17, 15) is 4.79 Å². The first-order valence-corrected chi connectivity index (χ1v) is 8.90. The van der Waals surface area contributed by atoms with Crippen LogP contribution in [0.1, 0.15) is 44.9 Å². The Labute approximate surface area is 153 Å². The average molecular weight is 341 g/mol. The van der Waals surface area contributed by atoms with Gasteiger partial charge in [-0.3, -0.25) is 4.79 Å². The van der Waals surface area contributed by atoms with Crippen LogP contribution in [0.15, 0.2) is 85.6 Å². The van der Waals surface area contributed by atoms with Crippen LogP contribution in [-0.4, -0.2) is 13.1 Å². The van der Waals surface area contributed by atoms with E-state index in [4.69, 9.17) is 0 Å². The normalized spacial score (nSPS) is 12.7. The largest absolute Gasteiger partial charge is 0.469 e. The fourth-order valence-corrected chi connectivity index (χ4v) is 1.85. The minimum Gasteiger partial charge on any atom is -0.469 e. The Bertz CT molecular complexity index is 502. The Hall–Kier alpha value is -2.35. The summed E-state index contributed by atoms with van der Waals surface area (Å²) in [5.41, 5.74) is 0. The van der Waals surface area contributed by atoms with Crippen molar-refractivity contribution >= 4 is 5.97 Å². The minimum absolute atomic E-state index is 0.156. The Kier molecular flexibility index (Phi) is 17.8. The smallest absolute Gasteiger partial charge is 0.305 e. The number of carbonyl (C=O) groups is 1. The number of rotatable bonds is 14. The molecule has 0 aromatic rings. The molecule has 25 heavy (non-hydrogen) atoms. The first kappa shape index (κ1) is 22.6. The van der Waals surface area contributed by atoms with Crippen LogP contribution >= 0.6 is 0 Å². The second-order valence-corrected chi connectivity index (χ2v) is 5.31. The highest BCUT2D eigenvalue weighted by molar-refractivity contribution is 5.69. The molecule has 136 valence electrons. The zero-order valence-electron chi connectivity index (χ0n) is 15.5. The molecule has 0 heterocycles. The van der Waals surface area contributed by atoms with E-state index in [1.54, 1.807) is 6.08 Å². The van der Waals surface area contributed by atoms with Gasteiger partial charge in [-0.1, -0.05) is 85.6 Å². The second kappa shape index (κ2) is 19.7. The van der Waals surface area contributed by atoms with Crippen LogP contribution in [-0.2, 0) is 9.53 Å². The third kappa shape index (κ3) is 19.6. The molecule has 0 unspecified atom stereocenters. The van der Waals surface area contributed by atoms with Gasteiger partial charge in [0.2, 0.25) is 0 Å². The van der Waals surface area contributed by atoms with E-state index >= 15 is 0 Å². The summed E-state index contributed by atoms with van der Waals surface area (Å²) < 4.78 is 4.58. The van der Waals surface area contributed by atoms with E-state index in [0.717, 1.165) is 38.5 Å². The van der Waals surface area contributed by atoms with Gasteiger partial charge in [0.15, 0.2) is 0 Å². The van der Waals surface area contributed by atoms with Gasteiger partial charge in [0, 0.05) is 6.42 Å². The van der Waals surface area contributed by atoms with E-state index in [1.165, 1.54) is 7.11 Å². The molecule has 0 aliphatic carbocycles. The van der Waals surface area contributed by atoms with Crippen molar-refractivity contribution in [2.24, 2.45) is 0 Å². The number of ether oxygens (including phenoxy) is 1. The van der Waals surface area contributed by atoms with E-state index < -0.39 is 0 Å². The number of carbonyl (C=O) groups excluding carboxylic acids is 1. The molecule has 0 fully saturated rings. The topological polar surface area (TPSA) is 26.3 Å². The summed E-state index contributed by atoms with van der Waals surface area (Å²) in [7, 11) is 1.42. The third-order valence-corrected chi connectivity index (χ3v) is 3.21. The molecule has 0 saturated heterocycles. The lowest BCUT2D eigenvalue weighted by Crippen LogP contribution is -1.97. The van der Waals surface area contributed by atoms with Crippen molar-refractivity contribution in [1.82, 2.24) is 0 Å². The highest BCUT2D eigenvalue weighted by atomic mass is 16.5. The number of hydrogen-bond acceptors (Lipinski definition) is 2. The van der Waals surface area contributed by atoms with Gasteiger partial charge in [-0.05, 0) is 38.5 Å². The first-order chi connectivity index (χ1) is 12.3. The zero-order valence-corrected chi connectivity index (χ0v) is 15.5. The Morgan fingerprint density at radius 1 is 0.720 bits per heavy atom. The van der Waals surface area contributed by atoms with Gasteiger partial charge in [0.25, 0.3) is 0 Å². The molecule has 0 rings (SSSR count). The van der Waals surface area contributed by atoms with Crippen molar-refractivity contribution in [3.63, 3.8) is 0 Å². The summed E-state index contributed by atoms with van der Waals surface area (Å²) in [5.74, 6) is -0.156. The van der Waals surface area contributed by atoms with Crippen molar-refractivity contribution in [2.45, 2.75) is 44.9 Å². The maximum absolute atomic E-state index is 10.9. The molecule has 0 N–H and O–H groups in total. The molecule has 0 bridgehead atoms. The SMILES string of the molecule is C=C/C=C\C/C=C\C/C=C\C/C=C\C/C=C\C/C=C\CCC(=O)OC. The molecule has 0 atom stereocenters. The third-order valence-electron chi connectivity index (χ3n) is 3.21. The van der Waals surface area contributed by atoms with Gasteiger partial charge in [-0.15, -0.1) is 0 Å². The maximum Gasteiger partial charge on any atom is 0.305 e. The van der Waals surface area contributed by atoms with Crippen LogP contribution in [0.4, 0.5) is 0 Å². The van der Waals surface area contributed by atoms with Crippen molar-refractivity contribution < 1.29 is 9.53 Å². The Morgan fingerprint density at radius 2 is 1.12 bits per heavy atom. The van der Waals surface area contributed by atoms with Gasteiger partial charge in [0.1, 0.15) is 0 Å². The predicted octanol–water partition coefficient (Wildman–Crippen LogP) is 6.41. The molecule has 0 aliphatic heterocycles. The van der Waals surface area contributed by atoms with Gasteiger partial charge in [-0.2, -0.15) is 0 Å². The molecule has 0 aliphatic rings. The summed E-state index contributed by atoms with van der Waals surface area (Å²) >= 11 is 0. The van der Waals surface area contributed by atoms with Crippen LogP contribution in [0.3, 0.4) is 0 Å². The lowest BCUT2D eigenvalue weighted by Gasteiger charge is -1.93. The number of methoxy groups -OCH3 is 1. The lowest BCUT2D eigenvalue weighted by molar-refractivity contribution is -0.140. The highest BCUT2D eigenvalue weighted by Crippen LogP contribution is 1.98. The molecule has 0 spiro atoms. The predicted molar refractivity (Wildman–Crippen MR) is 109 cm³/mol. The number of hydrogen-bond donors (Lipinski definition) is 0. The van der Waals surface area contributed by atoms with Crippen LogP contribution in [0.25, 0.3) is 0 Å². The van der Waals surface area contributed by atoms with E-state index in [-0.39, 0.29) is 5.97 Å². The van der Waals surface area contributed by atoms with Crippen molar-refractivity contribution in [1.29, 1.82) is 0 Å². The summed E-state index contributed by atoms with van der Waals surface area (Å²) in [6.45, 7) is 3.63. The van der Waals surface area contributed by atoms with Crippen LogP contribution in [0, 0.1) is 0 Å². The molecule has 2 heteroatoms. The summed E-state index contributed by atoms with van der Waals surface area (Å²) in [6.07, 6.45) is 33.3. The first-order valence-electron chi connectivity index (χ1n) is 8.90. The fraction of sp³-hybridized carbons (Fsp3) is 0.348. The van der Waals surface area contributed by atoms with Gasteiger partial charge < -0.3 is 4.74 Å². The molecule has 0 radical (unpaired) electrons. The minimum atomic E-state index is -0.156. The highest BCUT2D eigenvalue weighted by Gasteiger charge is 1.94. The fourth-order valence-electron chi connectivity index (χ4n) is 1.85. The van der Waals surface area contributed by atoms with Crippen molar-refractivity contribution in [2.75, 3.05) is 7.11 Å². The maximum atomic E-state index is 10.9. The van der Waals surface area contributed by atoms with E-state index in [0.29, 0.717) is 6.42 Å². The van der Waals surface area contributed by atoms with Crippen LogP contribution < -0.4 is 0 Å². The lowest BCUT2D eigenvalue weighted by atomic mass is 10.2. The van der Waals surface area contributed by atoms with E-state index in [2.05, 4.69) is 72.1 Å². The van der Waals surface area contributed by atoms with Crippen LogP contribution in [0.2, 0.25) is 0 Å². The molecular weight excluding hydrogens is 308 g/mol. The number of esters is 1. The zero-order chi connectivity index (χ0) is 18.4. The average Bonchev–Trinajstić information content (AvgIpc) is 2.63. The molecular formula is C23H32O2. The monoisotopic (exact) mass is 340 g/mol. The summed E-state index contributed by atoms with van der Waals surface area (Å²) in [4.78, 5) is 10.9. The number of allylic oxidation sites excluding steroid dienone is 13. The Morgan fingerprint density at radius 3 is 1.52 bits per heavy atom. The molecule has 2 nitrogen and oxygen atoms in total. The molecule has 0 aromatic carbocycles. The van der Waals surface area contributed by atoms with E-state index in [1.807, 2.05) is 12.2 Å². The Balaban J connectivity index is 3.54. The van der Waals surface area contributed by atoms with Crippen molar-refractivity contribution in [3.05, 3.63) is 85.6 Å². The van der Waals surface area contributed by atoms with Gasteiger partial charge in [-0.25, -0.2) is 0 Å². The van der Waals surface area contributed by atoms with Gasteiger partial charge >= 0.3 is 5.97 Å². The molecule has 0 aromatic heterocycles. The molecule has 0 saturated carbocycles. The second-order valence-electron chi connectivity index (χ2n) is 5.31. The van der Waals surface area contributed by atoms with Crippen LogP contribution in [0.5, 0.6) is 0 Å². The molecule has 0 amide bonds. The van der Waals surface area contributed by atoms with Gasteiger partial charge in [0.05, 0.1) is 7.11 Å². The summed E-state index contributed by atoms with van der Waals surface area (Å²) in [6, 6.07) is 0. The standard InChI is InChI=1S/C23H32O2/c1-3-4-5-6-7-8-9-10-11-12-13-14-15-16-17-18-19-20-21-22-23(24)25-2/h3-5,7-8,10-11,13-14,16-17,19-20H,1,6,9,12,15,18,21-22H2,2H3/b5-4-,8-7-,11-10-,14-13-,17-16-,20-19-. The summed E-state index contributed by atoms with van der Waals surface area (Å²) in [5, 5.41) is 0.